The van der Waals surface area contributed by atoms with Gasteiger partial charge in [0.2, 0.25) is 9.04 Å². The van der Waals surface area contributed by atoms with E-state index in [0.29, 0.717) is 0 Å². The van der Waals surface area contributed by atoms with Gasteiger partial charge >= 0.3 is 5.97 Å². The average Bonchev–Trinajstić information content (AvgIpc) is 3.54. The molecule has 0 radical (unpaired) electrons. The number of aliphatic hydroxyl groups is 1. The molecule has 0 bridgehead atoms. The molecule has 5 atom stereocenters. The third-order valence-electron chi connectivity index (χ3n) is 10.5. The Morgan fingerprint density at radius 1 is 0.977 bits per heavy atom. The van der Waals surface area contributed by atoms with E-state index in [0.717, 1.165) is 44.1 Å². The summed E-state index contributed by atoms with van der Waals surface area (Å²) >= 11 is 0. The van der Waals surface area contributed by atoms with Crippen molar-refractivity contribution < 1.29 is 19.4 Å². The molecule has 6 rings (SSSR count). The molecule has 2 N–H and O–H groups in total. The van der Waals surface area contributed by atoms with Crippen molar-refractivity contribution in [3.63, 3.8) is 0 Å². The standard InChI is InChI=1S/C39H46O4Si/c1-38(2,3)36-26-33-32-23-27(24-37(41)42)19-20-29(32)25-34(33)39(36,22-21-35(40)28-13-7-4-8-14-28)43-44(30-15-9-5-10-16-30)31-17-11-6-12-18-31/h5-6,9-12,15-20,23,28,33-36,40,44H,4,7-8,13-14,24-26H2,1-3H3,(H,41,42). The molecule has 0 amide bonds. The van der Waals surface area contributed by atoms with E-state index in [9.17, 15) is 15.0 Å². The van der Waals surface area contributed by atoms with E-state index in [1.165, 1.54) is 27.9 Å². The minimum absolute atomic E-state index is 0.0272. The predicted molar refractivity (Wildman–Crippen MR) is 179 cm³/mol. The average molecular weight is 607 g/mol. The van der Waals surface area contributed by atoms with Crippen LogP contribution in [0.4, 0.5) is 0 Å². The smallest absolute Gasteiger partial charge is 0.307 e. The van der Waals surface area contributed by atoms with Gasteiger partial charge in [0.1, 0.15) is 11.7 Å². The maximum absolute atomic E-state index is 11.6. The Bertz CT molecular complexity index is 1470. The second kappa shape index (κ2) is 12.7. The molecule has 3 aliphatic carbocycles. The monoisotopic (exact) mass is 606 g/mol. The van der Waals surface area contributed by atoms with Gasteiger partial charge in [-0.1, -0.05) is 131 Å². The van der Waals surface area contributed by atoms with Crippen LogP contribution in [0.15, 0.2) is 78.9 Å². The normalized spacial score (nSPS) is 25.6. The number of aliphatic hydroxyl groups excluding tert-OH is 1. The SMILES string of the molecule is CC(C)(C)C1CC2c3cc(CC(=O)O)ccc3CC2C1(C#CC(O)C1CCCCC1)O[SiH](c1ccccc1)c1ccccc1. The fraction of sp³-hybridized carbons (Fsp3) is 0.462. The lowest BCUT2D eigenvalue weighted by Crippen LogP contribution is -2.57. The van der Waals surface area contributed by atoms with Crippen LogP contribution in [-0.2, 0) is 22.1 Å². The van der Waals surface area contributed by atoms with Crippen LogP contribution in [0.3, 0.4) is 0 Å². The van der Waals surface area contributed by atoms with Crippen molar-refractivity contribution in [1.29, 1.82) is 0 Å². The zero-order valence-corrected chi connectivity index (χ0v) is 27.5. The molecule has 0 saturated heterocycles. The number of aliphatic carboxylic acids is 1. The molecule has 0 spiro atoms. The molecule has 3 aromatic carbocycles. The molecule has 230 valence electrons. The number of carboxylic acid groups (broad SMARTS) is 1. The maximum Gasteiger partial charge on any atom is 0.307 e. The third-order valence-corrected chi connectivity index (χ3v) is 13.1. The van der Waals surface area contributed by atoms with E-state index < -0.39 is 26.7 Å². The molecule has 5 heteroatoms. The summed E-state index contributed by atoms with van der Waals surface area (Å²) < 4.78 is 7.75. The lowest BCUT2D eigenvalue weighted by molar-refractivity contribution is -0.136. The van der Waals surface area contributed by atoms with E-state index in [-0.39, 0.29) is 35.5 Å². The first-order valence-electron chi connectivity index (χ1n) is 16.5. The van der Waals surface area contributed by atoms with Gasteiger partial charge in [0, 0.05) is 11.8 Å². The number of fused-ring (bicyclic) bond motifs is 3. The summed E-state index contributed by atoms with van der Waals surface area (Å²) in [5, 5.41) is 23.4. The Balaban J connectivity index is 1.49. The van der Waals surface area contributed by atoms with Crippen molar-refractivity contribution in [2.45, 2.75) is 89.8 Å². The van der Waals surface area contributed by atoms with Crippen LogP contribution in [0, 0.1) is 35.0 Å². The van der Waals surface area contributed by atoms with E-state index in [2.05, 4.69) is 105 Å². The lowest BCUT2D eigenvalue weighted by atomic mass is 9.70. The van der Waals surface area contributed by atoms with E-state index >= 15 is 0 Å². The Labute approximate surface area is 264 Å². The van der Waals surface area contributed by atoms with Gasteiger partial charge in [0.05, 0.1) is 6.42 Å². The van der Waals surface area contributed by atoms with Crippen molar-refractivity contribution in [3.8, 4) is 11.8 Å². The van der Waals surface area contributed by atoms with Gasteiger partial charge in [0.25, 0.3) is 0 Å². The van der Waals surface area contributed by atoms with Gasteiger partial charge in [-0.25, -0.2) is 0 Å². The molecular weight excluding hydrogens is 561 g/mol. The molecule has 0 aromatic heterocycles. The van der Waals surface area contributed by atoms with Gasteiger partial charge in [0.15, 0.2) is 0 Å². The maximum atomic E-state index is 11.6. The predicted octanol–water partition coefficient (Wildman–Crippen LogP) is 5.87. The molecule has 3 aromatic rings. The number of hydrogen-bond acceptors (Lipinski definition) is 3. The summed E-state index contributed by atoms with van der Waals surface area (Å²) in [5.41, 5.74) is 2.54. The Morgan fingerprint density at radius 2 is 1.61 bits per heavy atom. The van der Waals surface area contributed by atoms with Crippen LogP contribution in [0.2, 0.25) is 0 Å². The first-order valence-corrected chi connectivity index (χ1v) is 18.1. The van der Waals surface area contributed by atoms with E-state index in [1.54, 1.807) is 0 Å². The molecule has 44 heavy (non-hydrogen) atoms. The third kappa shape index (κ3) is 6.18. The summed E-state index contributed by atoms with van der Waals surface area (Å²) in [7, 11) is -2.22. The highest BCUT2D eigenvalue weighted by atomic mass is 28.3. The van der Waals surface area contributed by atoms with Crippen LogP contribution >= 0.6 is 0 Å². The Kier molecular flexibility index (Phi) is 8.88. The van der Waals surface area contributed by atoms with E-state index in [4.69, 9.17) is 4.43 Å². The summed E-state index contributed by atoms with van der Waals surface area (Å²) in [6.45, 7) is 6.91. The zero-order valence-electron chi connectivity index (χ0n) is 26.3. The van der Waals surface area contributed by atoms with Crippen molar-refractivity contribution in [2.24, 2.45) is 23.2 Å². The molecule has 5 unspecified atom stereocenters. The van der Waals surface area contributed by atoms with Gasteiger partial charge < -0.3 is 14.6 Å². The molecule has 0 aliphatic heterocycles. The first kappa shape index (κ1) is 30.8. The summed E-state index contributed by atoms with van der Waals surface area (Å²) in [6, 6.07) is 27.5. The molecule has 2 saturated carbocycles. The number of hydrogen-bond donors (Lipinski definition) is 2. The van der Waals surface area contributed by atoms with Gasteiger partial charge in [-0.05, 0) is 70.0 Å². The molecule has 3 aliphatic rings. The topological polar surface area (TPSA) is 66.8 Å². The molecule has 0 heterocycles. The fourth-order valence-corrected chi connectivity index (χ4v) is 11.0. The first-order chi connectivity index (χ1) is 21.2. The molecule has 2 fully saturated rings. The molecular formula is C39H46O4Si. The van der Waals surface area contributed by atoms with Crippen molar-refractivity contribution in [2.75, 3.05) is 0 Å². The van der Waals surface area contributed by atoms with Crippen LogP contribution < -0.4 is 10.4 Å². The van der Waals surface area contributed by atoms with Crippen LogP contribution in [0.5, 0.6) is 0 Å². The number of benzene rings is 3. The van der Waals surface area contributed by atoms with Crippen molar-refractivity contribution >= 4 is 25.4 Å². The highest BCUT2D eigenvalue weighted by Crippen LogP contribution is 2.61. The van der Waals surface area contributed by atoms with Crippen LogP contribution in [-0.4, -0.2) is 36.9 Å². The Hall–Kier alpha value is -3.17. The highest BCUT2D eigenvalue weighted by molar-refractivity contribution is 6.80. The Morgan fingerprint density at radius 3 is 2.20 bits per heavy atom. The second-order valence-electron chi connectivity index (χ2n) is 14.4. The minimum Gasteiger partial charge on any atom is -0.481 e. The van der Waals surface area contributed by atoms with Crippen molar-refractivity contribution in [3.05, 3.63) is 95.6 Å². The summed E-state index contributed by atoms with van der Waals surface area (Å²) in [6.07, 6.45) is 6.76. The van der Waals surface area contributed by atoms with Gasteiger partial charge in [-0.15, -0.1) is 0 Å². The van der Waals surface area contributed by atoms with Crippen LogP contribution in [0.25, 0.3) is 0 Å². The van der Waals surface area contributed by atoms with Gasteiger partial charge in [-0.3, -0.25) is 4.79 Å². The van der Waals surface area contributed by atoms with Gasteiger partial charge in [-0.2, -0.15) is 0 Å². The number of carbonyl (C=O) groups is 1. The fourth-order valence-electron chi connectivity index (χ4n) is 8.39. The second-order valence-corrected chi connectivity index (χ2v) is 16.7. The van der Waals surface area contributed by atoms with Crippen LogP contribution in [0.1, 0.15) is 81.9 Å². The van der Waals surface area contributed by atoms with E-state index in [1.807, 2.05) is 6.07 Å². The molecule has 4 nitrogen and oxygen atoms in total. The lowest BCUT2D eigenvalue weighted by Gasteiger charge is -2.44. The minimum atomic E-state index is -2.22. The highest BCUT2D eigenvalue weighted by Gasteiger charge is 2.61. The zero-order chi connectivity index (χ0) is 30.9. The number of carboxylic acids is 1. The van der Waals surface area contributed by atoms with Crippen molar-refractivity contribution in [1.82, 2.24) is 0 Å². The quantitative estimate of drug-likeness (QED) is 0.261. The number of rotatable bonds is 7. The summed E-state index contributed by atoms with van der Waals surface area (Å²) in [4.78, 5) is 11.6. The summed E-state index contributed by atoms with van der Waals surface area (Å²) in [5.74, 6) is 7.13. The largest absolute Gasteiger partial charge is 0.481 e.